The van der Waals surface area contributed by atoms with Crippen molar-refractivity contribution in [1.82, 2.24) is 4.90 Å². The predicted molar refractivity (Wildman–Crippen MR) is 128 cm³/mol. The molecule has 0 radical (unpaired) electrons. The maximum atomic E-state index is 12.8. The molecule has 2 amide bonds. The van der Waals surface area contributed by atoms with Gasteiger partial charge in [0.25, 0.3) is 5.91 Å². The number of carbonyl (C=O) groups excluding carboxylic acids is 3. The number of piperidine rings is 1. The van der Waals surface area contributed by atoms with E-state index in [0.29, 0.717) is 48.9 Å². The lowest BCUT2D eigenvalue weighted by Gasteiger charge is -2.31. The Bertz CT molecular complexity index is 1140. The van der Waals surface area contributed by atoms with Gasteiger partial charge in [0.05, 0.1) is 6.61 Å². The number of hydrogen-bond acceptors (Lipinski definition) is 6. The maximum Gasteiger partial charge on any atom is 0.348 e. The van der Waals surface area contributed by atoms with Crippen molar-refractivity contribution in [1.29, 1.82) is 0 Å². The zero-order valence-corrected chi connectivity index (χ0v) is 19.2. The molecule has 0 aliphatic carbocycles. The SMILES string of the molecule is CCOC(=O)c1cc2cc(NC(=O)C3CCN(C(=O)COc4ccccc4)CC3)ccc2s1. The molecular weight excluding hydrogens is 440 g/mol. The number of nitrogens with zero attached hydrogens (tertiary/aromatic N) is 1. The van der Waals surface area contributed by atoms with Crippen LogP contribution in [0.15, 0.2) is 54.6 Å². The third kappa shape index (κ3) is 5.70. The summed E-state index contributed by atoms with van der Waals surface area (Å²) in [5.74, 6) is 0.0510. The van der Waals surface area contributed by atoms with Crippen molar-refractivity contribution in [3.8, 4) is 5.75 Å². The monoisotopic (exact) mass is 466 g/mol. The van der Waals surface area contributed by atoms with Gasteiger partial charge in [-0.3, -0.25) is 9.59 Å². The Labute approximate surface area is 196 Å². The first kappa shape index (κ1) is 22.8. The van der Waals surface area contributed by atoms with Gasteiger partial charge in [-0.05, 0) is 61.5 Å². The normalized spacial score (nSPS) is 14.2. The molecule has 3 aromatic rings. The van der Waals surface area contributed by atoms with E-state index in [0.717, 1.165) is 10.1 Å². The zero-order chi connectivity index (χ0) is 23.2. The number of rotatable bonds is 7. The van der Waals surface area contributed by atoms with E-state index in [2.05, 4.69) is 5.32 Å². The molecule has 33 heavy (non-hydrogen) atoms. The lowest BCUT2D eigenvalue weighted by Crippen LogP contribution is -2.43. The van der Waals surface area contributed by atoms with Gasteiger partial charge in [-0.2, -0.15) is 0 Å². The third-order valence-corrected chi connectivity index (χ3v) is 6.68. The largest absolute Gasteiger partial charge is 0.484 e. The molecule has 7 nitrogen and oxygen atoms in total. The van der Waals surface area contributed by atoms with Gasteiger partial charge in [0.15, 0.2) is 6.61 Å². The molecule has 8 heteroatoms. The molecule has 0 unspecified atom stereocenters. The predicted octanol–water partition coefficient (Wildman–Crippen LogP) is 4.33. The Balaban J connectivity index is 1.28. The highest BCUT2D eigenvalue weighted by molar-refractivity contribution is 7.20. The molecule has 1 fully saturated rings. The lowest BCUT2D eigenvalue weighted by molar-refractivity contribution is -0.136. The van der Waals surface area contributed by atoms with Crippen LogP contribution in [0.2, 0.25) is 0 Å². The summed E-state index contributed by atoms with van der Waals surface area (Å²) in [5.41, 5.74) is 0.690. The zero-order valence-electron chi connectivity index (χ0n) is 18.4. The summed E-state index contributed by atoms with van der Waals surface area (Å²) >= 11 is 1.37. The van der Waals surface area contributed by atoms with E-state index in [-0.39, 0.29) is 30.3 Å². The highest BCUT2D eigenvalue weighted by Gasteiger charge is 2.27. The molecule has 172 valence electrons. The Morgan fingerprint density at radius 2 is 1.82 bits per heavy atom. The molecule has 1 saturated heterocycles. The van der Waals surface area contributed by atoms with Crippen LogP contribution in [0.5, 0.6) is 5.75 Å². The highest BCUT2D eigenvalue weighted by atomic mass is 32.1. The molecule has 1 N–H and O–H groups in total. The molecule has 1 aliphatic rings. The van der Waals surface area contributed by atoms with E-state index in [4.69, 9.17) is 9.47 Å². The van der Waals surface area contributed by atoms with Crippen molar-refractivity contribution < 1.29 is 23.9 Å². The van der Waals surface area contributed by atoms with E-state index in [1.54, 1.807) is 17.9 Å². The van der Waals surface area contributed by atoms with Crippen LogP contribution in [0.1, 0.15) is 29.4 Å². The molecule has 0 saturated carbocycles. The van der Waals surface area contributed by atoms with E-state index >= 15 is 0 Å². The maximum absolute atomic E-state index is 12.8. The number of likely N-dealkylation sites (tertiary alicyclic amines) is 1. The van der Waals surface area contributed by atoms with Gasteiger partial charge >= 0.3 is 5.97 Å². The van der Waals surface area contributed by atoms with Gasteiger partial charge in [0.2, 0.25) is 5.91 Å². The summed E-state index contributed by atoms with van der Waals surface area (Å²) in [4.78, 5) is 39.5. The first-order chi connectivity index (χ1) is 16.0. The Morgan fingerprint density at radius 1 is 1.06 bits per heavy atom. The summed E-state index contributed by atoms with van der Waals surface area (Å²) in [7, 11) is 0. The van der Waals surface area contributed by atoms with Crippen LogP contribution in [-0.2, 0) is 14.3 Å². The smallest absolute Gasteiger partial charge is 0.348 e. The van der Waals surface area contributed by atoms with Crippen LogP contribution in [0, 0.1) is 5.92 Å². The average molecular weight is 467 g/mol. The molecule has 1 aliphatic heterocycles. The van der Waals surface area contributed by atoms with Crippen molar-refractivity contribution >= 4 is 44.9 Å². The minimum absolute atomic E-state index is 0.00464. The third-order valence-electron chi connectivity index (χ3n) is 5.58. The standard InChI is InChI=1S/C25H26N2O5S/c1-2-31-25(30)22-15-18-14-19(8-9-21(18)33-22)26-24(29)17-10-12-27(13-11-17)23(28)16-32-20-6-4-3-5-7-20/h3-9,14-15,17H,2,10-13,16H2,1H3,(H,26,29). The average Bonchev–Trinajstić information content (AvgIpc) is 3.27. The van der Waals surface area contributed by atoms with Crippen LogP contribution in [0.3, 0.4) is 0 Å². The summed E-state index contributed by atoms with van der Waals surface area (Å²) < 4.78 is 11.6. The van der Waals surface area contributed by atoms with Crippen molar-refractivity contribution in [3.63, 3.8) is 0 Å². The van der Waals surface area contributed by atoms with Crippen LogP contribution >= 0.6 is 11.3 Å². The molecule has 0 spiro atoms. The molecule has 4 rings (SSSR count). The van der Waals surface area contributed by atoms with Crippen molar-refractivity contribution in [2.45, 2.75) is 19.8 Å². The second kappa shape index (κ2) is 10.5. The van der Waals surface area contributed by atoms with E-state index in [1.807, 2.05) is 48.5 Å². The van der Waals surface area contributed by atoms with Gasteiger partial charge in [-0.25, -0.2) is 4.79 Å². The number of esters is 1. The summed E-state index contributed by atoms with van der Waals surface area (Å²) in [6.45, 7) is 3.16. The lowest BCUT2D eigenvalue weighted by atomic mass is 9.95. The van der Waals surface area contributed by atoms with Gasteiger partial charge in [0, 0.05) is 29.4 Å². The summed E-state index contributed by atoms with van der Waals surface area (Å²) in [6.07, 6.45) is 1.22. The minimum Gasteiger partial charge on any atom is -0.484 e. The van der Waals surface area contributed by atoms with E-state index < -0.39 is 0 Å². The number of anilines is 1. The Hall–Kier alpha value is -3.39. The van der Waals surface area contributed by atoms with Gasteiger partial charge in [-0.15, -0.1) is 11.3 Å². The van der Waals surface area contributed by atoms with Crippen molar-refractivity contribution in [3.05, 3.63) is 59.5 Å². The molecule has 1 aromatic heterocycles. The number of amides is 2. The van der Waals surface area contributed by atoms with Crippen LogP contribution in [0.25, 0.3) is 10.1 Å². The van der Waals surface area contributed by atoms with Crippen LogP contribution in [0.4, 0.5) is 5.69 Å². The minimum atomic E-state index is -0.334. The second-order valence-electron chi connectivity index (χ2n) is 7.83. The fraction of sp³-hybridized carbons (Fsp3) is 0.320. The highest BCUT2D eigenvalue weighted by Crippen LogP contribution is 2.29. The van der Waals surface area contributed by atoms with Crippen LogP contribution in [-0.4, -0.2) is 49.0 Å². The number of benzene rings is 2. The van der Waals surface area contributed by atoms with Gasteiger partial charge < -0.3 is 19.7 Å². The second-order valence-corrected chi connectivity index (χ2v) is 8.91. The molecular formula is C25H26N2O5S. The fourth-order valence-corrected chi connectivity index (χ4v) is 4.75. The number of hydrogen-bond donors (Lipinski definition) is 1. The quantitative estimate of drug-likeness (QED) is 0.524. The van der Waals surface area contributed by atoms with Crippen molar-refractivity contribution in [2.24, 2.45) is 5.92 Å². The Kier molecular flexibility index (Phi) is 7.24. The van der Waals surface area contributed by atoms with E-state index in [9.17, 15) is 14.4 Å². The number of thiophene rings is 1. The summed E-state index contributed by atoms with van der Waals surface area (Å²) in [5, 5.41) is 3.87. The summed E-state index contributed by atoms with van der Waals surface area (Å²) in [6, 6.07) is 16.6. The van der Waals surface area contributed by atoms with Gasteiger partial charge in [0.1, 0.15) is 10.6 Å². The number of nitrogens with one attached hydrogen (secondary N) is 1. The van der Waals surface area contributed by atoms with Crippen LogP contribution < -0.4 is 10.1 Å². The first-order valence-electron chi connectivity index (χ1n) is 11.0. The van der Waals surface area contributed by atoms with Gasteiger partial charge in [-0.1, -0.05) is 18.2 Å². The topological polar surface area (TPSA) is 84.9 Å². The fourth-order valence-electron chi connectivity index (χ4n) is 3.81. The number of carbonyl (C=O) groups is 3. The molecule has 0 bridgehead atoms. The first-order valence-corrected chi connectivity index (χ1v) is 11.8. The molecule has 2 aromatic carbocycles. The molecule has 0 atom stereocenters. The number of ether oxygens (including phenoxy) is 2. The molecule has 2 heterocycles. The number of fused-ring (bicyclic) bond motifs is 1. The Morgan fingerprint density at radius 3 is 2.55 bits per heavy atom. The van der Waals surface area contributed by atoms with Crippen molar-refractivity contribution in [2.75, 3.05) is 31.6 Å². The van der Waals surface area contributed by atoms with E-state index in [1.165, 1.54) is 11.3 Å². The number of para-hydroxylation sites is 1.